The molecular weight excluding hydrogens is 419 g/mol. The van der Waals surface area contributed by atoms with Crippen LogP contribution in [-0.4, -0.2) is 58.6 Å². The second-order valence-electron chi connectivity index (χ2n) is 7.82. The first-order valence-electron chi connectivity index (χ1n) is 9.36. The van der Waals surface area contributed by atoms with Crippen LogP contribution < -0.4 is 0 Å². The Balaban J connectivity index is 1.77. The van der Waals surface area contributed by atoms with Crippen molar-refractivity contribution in [3.8, 4) is 10.6 Å². The molecule has 1 aliphatic heterocycles. The van der Waals surface area contributed by atoms with Gasteiger partial charge in [0.2, 0.25) is 0 Å². The lowest BCUT2D eigenvalue weighted by Gasteiger charge is -2.35. The molecule has 10 heteroatoms. The number of ether oxygens (including phenoxy) is 1. The number of thiazole rings is 1. The number of halogens is 3. The minimum absolute atomic E-state index is 0.119. The molecule has 0 N–H and O–H groups in total. The topological polar surface area (TPSA) is 62.7 Å². The number of hydrogen-bond acceptors (Lipinski definition) is 5. The van der Waals surface area contributed by atoms with Gasteiger partial charge in [0.1, 0.15) is 15.5 Å². The predicted octanol–water partition coefficient (Wildman–Crippen LogP) is 4.52. The summed E-state index contributed by atoms with van der Waals surface area (Å²) >= 11 is 0.729. The van der Waals surface area contributed by atoms with Gasteiger partial charge in [-0.1, -0.05) is 30.3 Å². The molecule has 2 amide bonds. The molecule has 1 aromatic carbocycles. The van der Waals surface area contributed by atoms with Crippen molar-refractivity contribution in [1.29, 1.82) is 0 Å². The summed E-state index contributed by atoms with van der Waals surface area (Å²) in [6, 6.07) is 8.43. The fraction of sp³-hybridized carbons (Fsp3) is 0.450. The smallest absolute Gasteiger partial charge is 0.435 e. The fourth-order valence-corrected chi connectivity index (χ4v) is 3.98. The van der Waals surface area contributed by atoms with E-state index in [1.54, 1.807) is 51.1 Å². The standard InChI is InChI=1S/C20H22F3N3O3S/c1-19(2,3)29-18(28)26-11-9-25(10-12-26)17(27)14-15(20(21,22)23)24-16(30-14)13-7-5-4-6-8-13/h4-8H,9-12H2,1-3H3. The summed E-state index contributed by atoms with van der Waals surface area (Å²) in [7, 11) is 0. The van der Waals surface area contributed by atoms with Gasteiger partial charge in [0, 0.05) is 31.7 Å². The van der Waals surface area contributed by atoms with Crippen LogP contribution in [0.15, 0.2) is 30.3 Å². The third-order valence-corrected chi connectivity index (χ3v) is 5.42. The summed E-state index contributed by atoms with van der Waals surface area (Å²) < 4.78 is 45.9. The van der Waals surface area contributed by atoms with Crippen molar-refractivity contribution >= 4 is 23.3 Å². The summed E-state index contributed by atoms with van der Waals surface area (Å²) in [4.78, 5) is 31.1. The van der Waals surface area contributed by atoms with E-state index in [4.69, 9.17) is 4.74 Å². The van der Waals surface area contributed by atoms with Crippen molar-refractivity contribution < 1.29 is 27.5 Å². The Morgan fingerprint density at radius 1 is 1.00 bits per heavy atom. The monoisotopic (exact) mass is 441 g/mol. The van der Waals surface area contributed by atoms with E-state index in [0.717, 1.165) is 11.3 Å². The summed E-state index contributed by atoms with van der Waals surface area (Å²) in [6.45, 7) is 5.85. The Morgan fingerprint density at radius 3 is 2.10 bits per heavy atom. The number of carbonyl (C=O) groups is 2. The number of piperazine rings is 1. The molecule has 2 heterocycles. The number of benzene rings is 1. The molecule has 0 aliphatic carbocycles. The van der Waals surface area contributed by atoms with Crippen LogP contribution in [0.25, 0.3) is 10.6 Å². The predicted molar refractivity (Wildman–Crippen MR) is 106 cm³/mol. The molecule has 162 valence electrons. The zero-order valence-corrected chi connectivity index (χ0v) is 17.6. The highest BCUT2D eigenvalue weighted by Gasteiger charge is 2.41. The molecule has 3 rings (SSSR count). The van der Waals surface area contributed by atoms with E-state index in [0.29, 0.717) is 5.56 Å². The van der Waals surface area contributed by atoms with Crippen molar-refractivity contribution in [1.82, 2.24) is 14.8 Å². The van der Waals surface area contributed by atoms with E-state index >= 15 is 0 Å². The summed E-state index contributed by atoms with van der Waals surface area (Å²) in [5.74, 6) is -0.731. The van der Waals surface area contributed by atoms with Gasteiger partial charge in [0.05, 0.1) is 0 Å². The minimum atomic E-state index is -4.74. The normalized spacial score (nSPS) is 15.3. The lowest BCUT2D eigenvalue weighted by Crippen LogP contribution is -2.51. The Morgan fingerprint density at radius 2 is 1.57 bits per heavy atom. The van der Waals surface area contributed by atoms with Crippen LogP contribution in [-0.2, 0) is 10.9 Å². The number of nitrogens with zero attached hydrogens (tertiary/aromatic N) is 3. The van der Waals surface area contributed by atoms with E-state index in [2.05, 4.69) is 4.98 Å². The lowest BCUT2D eigenvalue weighted by molar-refractivity contribution is -0.141. The Hall–Kier alpha value is -2.62. The van der Waals surface area contributed by atoms with Gasteiger partial charge in [0.15, 0.2) is 5.69 Å². The second kappa shape index (κ2) is 8.25. The first-order chi connectivity index (χ1) is 14.0. The van der Waals surface area contributed by atoms with Crippen molar-refractivity contribution in [2.24, 2.45) is 0 Å². The van der Waals surface area contributed by atoms with Crippen molar-refractivity contribution in [3.63, 3.8) is 0 Å². The van der Waals surface area contributed by atoms with Gasteiger partial charge in [-0.25, -0.2) is 9.78 Å². The maximum Gasteiger partial charge on any atom is 0.435 e. The average molecular weight is 441 g/mol. The van der Waals surface area contributed by atoms with E-state index in [1.165, 1.54) is 9.80 Å². The molecule has 1 saturated heterocycles. The Labute approximate surface area is 176 Å². The van der Waals surface area contributed by atoms with Crippen molar-refractivity contribution in [2.45, 2.75) is 32.5 Å². The van der Waals surface area contributed by atoms with E-state index in [1.807, 2.05) is 0 Å². The minimum Gasteiger partial charge on any atom is -0.444 e. The van der Waals surface area contributed by atoms with Gasteiger partial charge >= 0.3 is 12.3 Å². The van der Waals surface area contributed by atoms with Crippen molar-refractivity contribution in [2.75, 3.05) is 26.2 Å². The van der Waals surface area contributed by atoms with Gasteiger partial charge < -0.3 is 14.5 Å². The number of aromatic nitrogens is 1. The van der Waals surface area contributed by atoms with Crippen LogP contribution in [0.3, 0.4) is 0 Å². The van der Waals surface area contributed by atoms with Gasteiger partial charge in [-0.2, -0.15) is 13.2 Å². The van der Waals surface area contributed by atoms with Crippen LogP contribution in [0.1, 0.15) is 36.1 Å². The van der Waals surface area contributed by atoms with E-state index in [-0.39, 0.29) is 31.2 Å². The summed E-state index contributed by atoms with van der Waals surface area (Å²) in [5, 5.41) is 0.138. The molecule has 0 radical (unpaired) electrons. The highest BCUT2D eigenvalue weighted by Crippen LogP contribution is 2.38. The van der Waals surface area contributed by atoms with Crippen LogP contribution in [0, 0.1) is 0 Å². The van der Waals surface area contributed by atoms with Gasteiger partial charge in [-0.05, 0) is 20.8 Å². The van der Waals surface area contributed by atoms with E-state index in [9.17, 15) is 22.8 Å². The molecule has 0 bridgehead atoms. The SMILES string of the molecule is CC(C)(C)OC(=O)N1CCN(C(=O)c2sc(-c3ccccc3)nc2C(F)(F)F)CC1. The first kappa shape index (κ1) is 22.1. The zero-order valence-electron chi connectivity index (χ0n) is 16.8. The Bertz CT molecular complexity index is 915. The molecule has 0 atom stereocenters. The lowest BCUT2D eigenvalue weighted by atomic mass is 10.2. The molecule has 30 heavy (non-hydrogen) atoms. The number of rotatable bonds is 2. The molecule has 0 spiro atoms. The number of alkyl halides is 3. The van der Waals surface area contributed by atoms with E-state index < -0.39 is 34.3 Å². The maximum atomic E-state index is 13.5. The molecule has 1 aliphatic rings. The number of amides is 2. The summed E-state index contributed by atoms with van der Waals surface area (Å²) in [6.07, 6.45) is -5.25. The third kappa shape index (κ3) is 5.10. The van der Waals surface area contributed by atoms with Crippen LogP contribution in [0.5, 0.6) is 0 Å². The quantitative estimate of drug-likeness (QED) is 0.687. The zero-order chi connectivity index (χ0) is 22.1. The van der Waals surface area contributed by atoms with Crippen molar-refractivity contribution in [3.05, 3.63) is 40.9 Å². The van der Waals surface area contributed by atoms with Crippen LogP contribution in [0.2, 0.25) is 0 Å². The maximum absolute atomic E-state index is 13.5. The fourth-order valence-electron chi connectivity index (χ4n) is 2.92. The van der Waals surface area contributed by atoms with Gasteiger partial charge in [-0.3, -0.25) is 4.79 Å². The Kier molecular flexibility index (Phi) is 6.07. The largest absolute Gasteiger partial charge is 0.444 e. The molecule has 0 unspecified atom stereocenters. The second-order valence-corrected chi connectivity index (χ2v) is 8.82. The molecular formula is C20H22F3N3O3S. The highest BCUT2D eigenvalue weighted by molar-refractivity contribution is 7.17. The number of hydrogen-bond donors (Lipinski definition) is 0. The first-order valence-corrected chi connectivity index (χ1v) is 10.2. The highest BCUT2D eigenvalue weighted by atomic mass is 32.1. The molecule has 6 nitrogen and oxygen atoms in total. The average Bonchev–Trinajstić information content (AvgIpc) is 3.13. The molecule has 1 fully saturated rings. The van der Waals surface area contributed by atoms with Crippen LogP contribution in [0.4, 0.5) is 18.0 Å². The van der Waals surface area contributed by atoms with Gasteiger partial charge in [-0.15, -0.1) is 11.3 Å². The number of carbonyl (C=O) groups excluding carboxylic acids is 2. The third-order valence-electron chi connectivity index (χ3n) is 4.33. The molecule has 1 aromatic heterocycles. The molecule has 2 aromatic rings. The summed E-state index contributed by atoms with van der Waals surface area (Å²) in [5.41, 5.74) is -1.31. The van der Waals surface area contributed by atoms with Gasteiger partial charge in [0.25, 0.3) is 5.91 Å². The molecule has 0 saturated carbocycles. The van der Waals surface area contributed by atoms with Crippen LogP contribution >= 0.6 is 11.3 Å².